The molecule has 0 aromatic carbocycles. The Balaban J connectivity index is 1.86. The van der Waals surface area contributed by atoms with Gasteiger partial charge >= 0.3 is 0 Å². The van der Waals surface area contributed by atoms with Gasteiger partial charge in [-0.3, -0.25) is 4.79 Å². The Morgan fingerprint density at radius 1 is 1.53 bits per heavy atom. The summed E-state index contributed by atoms with van der Waals surface area (Å²) in [5.41, 5.74) is 0.890. The molecule has 2 atom stereocenters. The van der Waals surface area contributed by atoms with Crippen LogP contribution in [-0.4, -0.2) is 17.3 Å². The quantitative estimate of drug-likeness (QED) is 0.871. The molecule has 1 aromatic rings. The fourth-order valence-electron chi connectivity index (χ4n) is 2.30. The summed E-state index contributed by atoms with van der Waals surface area (Å²) in [5.74, 6) is 0.882. The van der Waals surface area contributed by atoms with Crippen LogP contribution in [0.4, 0.5) is 0 Å². The van der Waals surface area contributed by atoms with Crippen LogP contribution < -0.4 is 5.32 Å². The van der Waals surface area contributed by atoms with Crippen LogP contribution in [0.3, 0.4) is 0 Å². The number of furan rings is 1. The van der Waals surface area contributed by atoms with E-state index >= 15 is 0 Å². The lowest BCUT2D eigenvalue weighted by molar-refractivity contribution is 0.0916. The van der Waals surface area contributed by atoms with Crippen molar-refractivity contribution >= 4 is 21.8 Å². The Kier molecular flexibility index (Phi) is 4.26. The van der Waals surface area contributed by atoms with Crippen LogP contribution in [0.1, 0.15) is 41.8 Å². The van der Waals surface area contributed by atoms with Gasteiger partial charge in [-0.1, -0.05) is 28.8 Å². The first-order valence-electron chi connectivity index (χ1n) is 6.15. The van der Waals surface area contributed by atoms with Crippen molar-refractivity contribution in [3.63, 3.8) is 0 Å². The van der Waals surface area contributed by atoms with Gasteiger partial charge in [0.2, 0.25) is 0 Å². The van der Waals surface area contributed by atoms with Gasteiger partial charge in [-0.05, 0) is 31.7 Å². The van der Waals surface area contributed by atoms with Crippen molar-refractivity contribution in [2.24, 2.45) is 5.92 Å². The summed E-state index contributed by atoms with van der Waals surface area (Å²) < 4.78 is 5.17. The monoisotopic (exact) mass is 299 g/mol. The van der Waals surface area contributed by atoms with Crippen LogP contribution in [0, 0.1) is 12.8 Å². The van der Waals surface area contributed by atoms with Gasteiger partial charge in [0.25, 0.3) is 5.91 Å². The van der Waals surface area contributed by atoms with Gasteiger partial charge in [0.15, 0.2) is 5.76 Å². The maximum Gasteiger partial charge on any atom is 0.287 e. The number of nitrogens with one attached hydrogen (secondary N) is 1. The van der Waals surface area contributed by atoms with Crippen LogP contribution in [0.25, 0.3) is 0 Å². The van der Waals surface area contributed by atoms with E-state index in [1.165, 1.54) is 25.7 Å². The van der Waals surface area contributed by atoms with Crippen LogP contribution in [0.5, 0.6) is 0 Å². The molecule has 1 fully saturated rings. The van der Waals surface area contributed by atoms with Crippen LogP contribution in [-0.2, 0) is 0 Å². The third-order valence-electron chi connectivity index (χ3n) is 3.41. The molecule has 1 amide bonds. The molecule has 17 heavy (non-hydrogen) atoms. The van der Waals surface area contributed by atoms with E-state index in [1.54, 1.807) is 6.26 Å². The van der Waals surface area contributed by atoms with Gasteiger partial charge in [-0.15, -0.1) is 0 Å². The number of carbonyl (C=O) groups is 1. The fraction of sp³-hybridized carbons (Fsp3) is 0.615. The smallest absolute Gasteiger partial charge is 0.287 e. The van der Waals surface area contributed by atoms with Crippen molar-refractivity contribution in [3.05, 3.63) is 23.7 Å². The summed E-state index contributed by atoms with van der Waals surface area (Å²) in [6.45, 7) is 2.61. The van der Waals surface area contributed by atoms with Gasteiger partial charge in [-0.25, -0.2) is 0 Å². The predicted octanol–water partition coefficient (Wildman–Crippen LogP) is 3.27. The zero-order chi connectivity index (χ0) is 12.3. The minimum absolute atomic E-state index is 0.0993. The van der Waals surface area contributed by atoms with E-state index in [0.29, 0.717) is 16.5 Å². The largest absolute Gasteiger partial charge is 0.459 e. The first kappa shape index (κ1) is 12.7. The molecule has 0 spiro atoms. The summed E-state index contributed by atoms with van der Waals surface area (Å²) in [7, 11) is 0. The highest BCUT2D eigenvalue weighted by atomic mass is 79.9. The number of amides is 1. The van der Waals surface area contributed by atoms with Gasteiger partial charge in [0.05, 0.1) is 6.26 Å². The van der Waals surface area contributed by atoms with Gasteiger partial charge in [0.1, 0.15) is 0 Å². The first-order valence-corrected chi connectivity index (χ1v) is 7.06. The van der Waals surface area contributed by atoms with Crippen molar-refractivity contribution in [1.29, 1.82) is 0 Å². The zero-order valence-electron chi connectivity index (χ0n) is 10.0. The topological polar surface area (TPSA) is 42.2 Å². The van der Waals surface area contributed by atoms with E-state index < -0.39 is 0 Å². The van der Waals surface area contributed by atoms with Crippen LogP contribution in [0.2, 0.25) is 0 Å². The molecule has 2 rings (SSSR count). The van der Waals surface area contributed by atoms with E-state index in [4.69, 9.17) is 4.42 Å². The number of carbonyl (C=O) groups excluding carboxylic acids is 1. The molecule has 0 bridgehead atoms. The SMILES string of the molecule is Cc1ccoc1C(=O)NCC1CCCCC1Br. The fourth-order valence-corrected chi connectivity index (χ4v) is 3.08. The summed E-state index contributed by atoms with van der Waals surface area (Å²) in [6.07, 6.45) is 6.51. The Labute approximate surface area is 110 Å². The molecule has 1 aliphatic rings. The molecule has 1 aliphatic carbocycles. The van der Waals surface area contributed by atoms with Crippen molar-refractivity contribution < 1.29 is 9.21 Å². The Bertz CT molecular complexity index is 389. The van der Waals surface area contributed by atoms with Gasteiger partial charge in [0, 0.05) is 16.9 Å². The van der Waals surface area contributed by atoms with E-state index in [1.807, 2.05) is 13.0 Å². The molecular formula is C13H18BrNO2. The van der Waals surface area contributed by atoms with Crippen molar-refractivity contribution in [2.75, 3.05) is 6.54 Å². The summed E-state index contributed by atoms with van der Waals surface area (Å²) in [5, 5.41) is 2.96. The molecule has 0 aliphatic heterocycles. The molecule has 4 heteroatoms. The van der Waals surface area contributed by atoms with Gasteiger partial charge < -0.3 is 9.73 Å². The normalized spacial score (nSPS) is 24.6. The second-order valence-corrected chi connectivity index (χ2v) is 5.88. The predicted molar refractivity (Wildman–Crippen MR) is 70.5 cm³/mol. The van der Waals surface area contributed by atoms with Crippen molar-refractivity contribution in [3.8, 4) is 0 Å². The molecule has 0 radical (unpaired) electrons. The third-order valence-corrected chi connectivity index (χ3v) is 4.61. The molecule has 94 valence electrons. The average Bonchev–Trinajstić information content (AvgIpc) is 2.74. The van der Waals surface area contributed by atoms with E-state index in [9.17, 15) is 4.79 Å². The van der Waals surface area contributed by atoms with Crippen LogP contribution in [0.15, 0.2) is 16.7 Å². The number of hydrogen-bond donors (Lipinski definition) is 1. The van der Waals surface area contributed by atoms with Crippen molar-refractivity contribution in [1.82, 2.24) is 5.32 Å². The Morgan fingerprint density at radius 3 is 2.94 bits per heavy atom. The first-order chi connectivity index (χ1) is 8.18. The molecular weight excluding hydrogens is 282 g/mol. The highest BCUT2D eigenvalue weighted by molar-refractivity contribution is 9.09. The second kappa shape index (κ2) is 5.71. The molecule has 1 saturated carbocycles. The second-order valence-electron chi connectivity index (χ2n) is 4.70. The van der Waals surface area contributed by atoms with E-state index in [2.05, 4.69) is 21.2 Å². The maximum atomic E-state index is 11.9. The summed E-state index contributed by atoms with van der Waals surface area (Å²) in [6, 6.07) is 1.81. The standard InChI is InChI=1S/C13H18BrNO2/c1-9-6-7-17-12(9)13(16)15-8-10-4-2-3-5-11(10)14/h6-7,10-11H,2-5,8H2,1H3,(H,15,16). The number of hydrogen-bond acceptors (Lipinski definition) is 2. The Hall–Kier alpha value is -0.770. The minimum atomic E-state index is -0.0993. The maximum absolute atomic E-state index is 11.9. The Morgan fingerprint density at radius 2 is 2.29 bits per heavy atom. The lowest BCUT2D eigenvalue weighted by Gasteiger charge is -2.27. The molecule has 2 unspecified atom stereocenters. The lowest BCUT2D eigenvalue weighted by Crippen LogP contribution is -2.34. The number of alkyl halides is 1. The number of aryl methyl sites for hydroxylation is 1. The third kappa shape index (κ3) is 3.12. The molecule has 1 aromatic heterocycles. The summed E-state index contributed by atoms with van der Waals surface area (Å²) in [4.78, 5) is 12.4. The highest BCUT2D eigenvalue weighted by Gasteiger charge is 2.23. The number of halogens is 1. The molecule has 1 heterocycles. The molecule has 1 N–H and O–H groups in total. The molecule has 3 nitrogen and oxygen atoms in total. The molecule has 0 saturated heterocycles. The van der Waals surface area contributed by atoms with Crippen LogP contribution >= 0.6 is 15.9 Å². The average molecular weight is 300 g/mol. The highest BCUT2D eigenvalue weighted by Crippen LogP contribution is 2.29. The minimum Gasteiger partial charge on any atom is -0.459 e. The number of rotatable bonds is 3. The van der Waals surface area contributed by atoms with E-state index in [0.717, 1.165) is 12.1 Å². The zero-order valence-corrected chi connectivity index (χ0v) is 11.6. The lowest BCUT2D eigenvalue weighted by atomic mass is 9.89. The van der Waals surface area contributed by atoms with Gasteiger partial charge in [-0.2, -0.15) is 0 Å². The van der Waals surface area contributed by atoms with E-state index in [-0.39, 0.29) is 5.91 Å². The summed E-state index contributed by atoms with van der Waals surface area (Å²) >= 11 is 3.69. The van der Waals surface area contributed by atoms with Crippen molar-refractivity contribution in [2.45, 2.75) is 37.4 Å².